The van der Waals surface area contributed by atoms with Crippen LogP contribution in [-0.2, 0) is 0 Å². The zero-order valence-corrected chi connectivity index (χ0v) is 12.6. The van der Waals surface area contributed by atoms with E-state index in [0.29, 0.717) is 24.6 Å². The van der Waals surface area contributed by atoms with Gasteiger partial charge in [-0.2, -0.15) is 0 Å². The van der Waals surface area contributed by atoms with Crippen LogP contribution in [0.4, 0.5) is 0 Å². The highest BCUT2D eigenvalue weighted by atomic mass is 16.5. The Bertz CT molecular complexity index is 618. The molecule has 1 amide bonds. The summed E-state index contributed by atoms with van der Waals surface area (Å²) in [6, 6.07) is 13.1. The van der Waals surface area contributed by atoms with E-state index in [0.717, 1.165) is 18.8 Å². The van der Waals surface area contributed by atoms with Crippen LogP contribution in [0.2, 0.25) is 0 Å². The van der Waals surface area contributed by atoms with Crippen molar-refractivity contribution in [2.24, 2.45) is 0 Å². The van der Waals surface area contributed by atoms with Crippen LogP contribution in [0.1, 0.15) is 29.3 Å². The van der Waals surface area contributed by atoms with Crippen LogP contribution in [0.25, 0.3) is 0 Å². The summed E-state index contributed by atoms with van der Waals surface area (Å²) in [5.41, 5.74) is 0. The Balaban J connectivity index is 1.66. The van der Waals surface area contributed by atoms with Crippen molar-refractivity contribution in [3.63, 3.8) is 0 Å². The second-order valence-corrected chi connectivity index (χ2v) is 5.32. The Kier molecular flexibility index (Phi) is 4.44. The largest absolute Gasteiger partial charge is 0.483 e. The lowest BCUT2D eigenvalue weighted by atomic mass is 10.3. The summed E-state index contributed by atoms with van der Waals surface area (Å²) >= 11 is 0. The number of piperazine rings is 1. The minimum Gasteiger partial charge on any atom is -0.483 e. The van der Waals surface area contributed by atoms with E-state index in [1.807, 2.05) is 48.2 Å². The van der Waals surface area contributed by atoms with Crippen LogP contribution in [0.3, 0.4) is 0 Å². The Morgan fingerprint density at radius 1 is 1.18 bits per heavy atom. The molecular weight excluding hydrogens is 280 g/mol. The average molecular weight is 300 g/mol. The number of hydrogen-bond acceptors (Lipinski definition) is 4. The van der Waals surface area contributed by atoms with Gasteiger partial charge in [0.25, 0.3) is 5.91 Å². The normalized spacial score (nSPS) is 16.3. The third kappa shape index (κ3) is 3.31. The van der Waals surface area contributed by atoms with Gasteiger partial charge in [-0.05, 0) is 31.2 Å². The van der Waals surface area contributed by atoms with E-state index in [-0.39, 0.29) is 12.0 Å². The first-order valence-electron chi connectivity index (χ1n) is 7.55. The zero-order valence-electron chi connectivity index (χ0n) is 12.6. The molecule has 3 rings (SSSR count). The third-order valence-electron chi connectivity index (χ3n) is 3.70. The summed E-state index contributed by atoms with van der Waals surface area (Å²) in [6.45, 7) is 4.99. The second kappa shape index (κ2) is 6.66. The Labute approximate surface area is 129 Å². The maximum atomic E-state index is 12.4. The van der Waals surface area contributed by atoms with Gasteiger partial charge in [-0.15, -0.1) is 0 Å². The number of carbonyl (C=O) groups is 1. The van der Waals surface area contributed by atoms with Crippen molar-refractivity contribution in [3.05, 3.63) is 54.0 Å². The topological polar surface area (TPSA) is 54.7 Å². The molecule has 0 radical (unpaired) electrons. The predicted molar refractivity (Wildman–Crippen MR) is 83.0 cm³/mol. The molecule has 0 bridgehead atoms. The molecule has 5 nitrogen and oxygen atoms in total. The van der Waals surface area contributed by atoms with Crippen LogP contribution >= 0.6 is 0 Å². The predicted octanol–water partition coefficient (Wildman–Crippen LogP) is 2.46. The first-order chi connectivity index (χ1) is 10.7. The van der Waals surface area contributed by atoms with E-state index in [1.165, 1.54) is 0 Å². The van der Waals surface area contributed by atoms with Gasteiger partial charge in [-0.25, -0.2) is 0 Å². The van der Waals surface area contributed by atoms with Gasteiger partial charge in [0.15, 0.2) is 11.9 Å². The Morgan fingerprint density at radius 2 is 1.91 bits per heavy atom. The molecule has 0 saturated carbocycles. The fraction of sp³-hybridized carbons (Fsp3) is 0.353. The quantitative estimate of drug-likeness (QED) is 0.942. The molecule has 0 aliphatic carbocycles. The average Bonchev–Trinajstić information content (AvgIpc) is 3.06. The van der Waals surface area contributed by atoms with Crippen molar-refractivity contribution < 1.29 is 13.9 Å². The zero-order chi connectivity index (χ0) is 15.4. The highest BCUT2D eigenvalue weighted by Crippen LogP contribution is 2.23. The van der Waals surface area contributed by atoms with Crippen LogP contribution in [0.15, 0.2) is 46.9 Å². The monoisotopic (exact) mass is 300 g/mol. The van der Waals surface area contributed by atoms with Gasteiger partial charge in [-0.3, -0.25) is 4.79 Å². The number of nitrogens with one attached hydrogen (secondary N) is 1. The minimum atomic E-state index is -0.244. The Hall–Kier alpha value is -2.27. The van der Waals surface area contributed by atoms with Crippen molar-refractivity contribution in [1.82, 2.24) is 10.2 Å². The van der Waals surface area contributed by atoms with Crippen molar-refractivity contribution in [1.29, 1.82) is 0 Å². The van der Waals surface area contributed by atoms with E-state index in [4.69, 9.17) is 9.15 Å². The second-order valence-electron chi connectivity index (χ2n) is 5.32. The number of amides is 1. The molecule has 116 valence electrons. The van der Waals surface area contributed by atoms with Crippen LogP contribution < -0.4 is 10.1 Å². The highest BCUT2D eigenvalue weighted by Gasteiger charge is 2.22. The van der Waals surface area contributed by atoms with Crippen molar-refractivity contribution in [2.45, 2.75) is 13.0 Å². The molecule has 1 aromatic heterocycles. The molecule has 1 unspecified atom stereocenters. The molecule has 1 aliphatic heterocycles. The number of furan rings is 1. The number of nitrogens with zero attached hydrogens (tertiary/aromatic N) is 1. The van der Waals surface area contributed by atoms with E-state index >= 15 is 0 Å². The lowest BCUT2D eigenvalue weighted by Crippen LogP contribution is -2.46. The number of benzene rings is 1. The maximum Gasteiger partial charge on any atom is 0.289 e. The first-order valence-corrected chi connectivity index (χ1v) is 7.55. The standard InChI is InChI=1S/C17H20N2O3/c1-13(21-14-5-3-2-4-6-14)15-7-8-16(22-15)17(20)19-11-9-18-10-12-19/h2-8,13,18H,9-12H2,1H3. The van der Waals surface area contributed by atoms with Crippen molar-refractivity contribution in [2.75, 3.05) is 26.2 Å². The van der Waals surface area contributed by atoms with Gasteiger partial charge >= 0.3 is 0 Å². The fourth-order valence-electron chi connectivity index (χ4n) is 2.47. The van der Waals surface area contributed by atoms with Crippen molar-refractivity contribution >= 4 is 5.91 Å². The number of hydrogen-bond donors (Lipinski definition) is 1. The summed E-state index contributed by atoms with van der Waals surface area (Å²) in [5, 5.41) is 3.23. The lowest BCUT2D eigenvalue weighted by Gasteiger charge is -2.26. The number of ether oxygens (including phenoxy) is 1. The van der Waals surface area contributed by atoms with Gasteiger partial charge < -0.3 is 19.4 Å². The van der Waals surface area contributed by atoms with Gasteiger partial charge in [-0.1, -0.05) is 18.2 Å². The number of carbonyl (C=O) groups excluding carboxylic acids is 1. The van der Waals surface area contributed by atoms with E-state index in [9.17, 15) is 4.79 Å². The smallest absolute Gasteiger partial charge is 0.289 e. The molecule has 1 aromatic carbocycles. The summed E-state index contributed by atoms with van der Waals surface area (Å²) in [6.07, 6.45) is -0.244. The molecule has 5 heteroatoms. The van der Waals surface area contributed by atoms with Crippen molar-refractivity contribution in [3.8, 4) is 5.75 Å². The van der Waals surface area contributed by atoms with E-state index < -0.39 is 0 Å². The Morgan fingerprint density at radius 3 is 2.64 bits per heavy atom. The van der Waals surface area contributed by atoms with Gasteiger partial charge in [0, 0.05) is 26.2 Å². The molecule has 2 heterocycles. The number of para-hydroxylation sites is 1. The van der Waals surface area contributed by atoms with E-state index in [2.05, 4.69) is 5.32 Å². The molecule has 1 N–H and O–H groups in total. The van der Waals surface area contributed by atoms with Crippen LogP contribution in [-0.4, -0.2) is 37.0 Å². The molecule has 1 atom stereocenters. The summed E-state index contributed by atoms with van der Waals surface area (Å²) in [5.74, 6) is 1.75. The third-order valence-corrected chi connectivity index (χ3v) is 3.70. The first kappa shape index (κ1) is 14.7. The number of rotatable bonds is 4. The molecule has 2 aromatic rings. The summed E-state index contributed by atoms with van der Waals surface area (Å²) in [7, 11) is 0. The molecular formula is C17H20N2O3. The lowest BCUT2D eigenvalue weighted by molar-refractivity contribution is 0.0696. The molecule has 22 heavy (non-hydrogen) atoms. The summed E-state index contributed by atoms with van der Waals surface area (Å²) < 4.78 is 11.5. The summed E-state index contributed by atoms with van der Waals surface area (Å²) in [4.78, 5) is 14.2. The van der Waals surface area contributed by atoms with Crippen LogP contribution in [0.5, 0.6) is 5.75 Å². The van der Waals surface area contributed by atoms with Gasteiger partial charge in [0.05, 0.1) is 0 Å². The van der Waals surface area contributed by atoms with E-state index in [1.54, 1.807) is 6.07 Å². The van der Waals surface area contributed by atoms with Gasteiger partial charge in [0.1, 0.15) is 11.5 Å². The molecule has 1 aliphatic rings. The molecule has 1 saturated heterocycles. The van der Waals surface area contributed by atoms with Gasteiger partial charge in [0.2, 0.25) is 0 Å². The fourth-order valence-corrected chi connectivity index (χ4v) is 2.47. The highest BCUT2D eigenvalue weighted by molar-refractivity contribution is 5.91. The molecule has 1 fully saturated rings. The minimum absolute atomic E-state index is 0.0559. The maximum absolute atomic E-state index is 12.4. The van der Waals surface area contributed by atoms with Crippen LogP contribution in [0, 0.1) is 0 Å². The SMILES string of the molecule is CC(Oc1ccccc1)c1ccc(C(=O)N2CCNCC2)o1. The molecule has 0 spiro atoms.